The van der Waals surface area contributed by atoms with Gasteiger partial charge < -0.3 is 14.0 Å². The van der Waals surface area contributed by atoms with Crippen LogP contribution in [0.4, 0.5) is 17.1 Å². The van der Waals surface area contributed by atoms with Crippen LogP contribution in [0.3, 0.4) is 0 Å². The van der Waals surface area contributed by atoms with Gasteiger partial charge in [-0.25, -0.2) is 0 Å². The molecule has 0 unspecified atom stereocenters. The first kappa shape index (κ1) is 25.2. The molecule has 2 aromatic heterocycles. The second-order valence-corrected chi connectivity index (χ2v) is 11.0. The minimum Gasteiger partial charge on any atom is -0.314 e. The average molecular weight is 554 g/mol. The lowest BCUT2D eigenvalue weighted by molar-refractivity contribution is 1.18. The summed E-state index contributed by atoms with van der Waals surface area (Å²) < 4.78 is 4.73. The number of fused-ring (bicyclic) bond motifs is 6. The van der Waals surface area contributed by atoms with E-state index in [1.54, 1.807) is 0 Å². The molecule has 0 saturated heterocycles. The van der Waals surface area contributed by atoms with Crippen molar-refractivity contribution in [2.45, 2.75) is 13.8 Å². The molecule has 43 heavy (non-hydrogen) atoms. The first-order chi connectivity index (χ1) is 21.2. The molecule has 3 nitrogen and oxygen atoms in total. The molecule has 8 rings (SSSR count). The summed E-state index contributed by atoms with van der Waals surface area (Å²) >= 11 is 0. The molecular formula is C40H31N3. The van der Waals surface area contributed by atoms with E-state index in [1.807, 2.05) is 0 Å². The predicted octanol–water partition coefficient (Wildman–Crippen LogP) is 11.2. The summed E-state index contributed by atoms with van der Waals surface area (Å²) in [5, 5.41) is 4.99. The zero-order valence-electron chi connectivity index (χ0n) is 24.3. The maximum Gasteiger partial charge on any atom is 0.0542 e. The van der Waals surface area contributed by atoms with Crippen molar-refractivity contribution in [2.75, 3.05) is 4.90 Å². The Balaban J connectivity index is 1.38. The topological polar surface area (TPSA) is 13.1 Å². The van der Waals surface area contributed by atoms with Gasteiger partial charge in [0.25, 0.3) is 0 Å². The molecule has 206 valence electrons. The van der Waals surface area contributed by atoms with Gasteiger partial charge in [0.15, 0.2) is 0 Å². The van der Waals surface area contributed by atoms with Crippen molar-refractivity contribution in [2.24, 2.45) is 0 Å². The normalized spacial score (nSPS) is 12.1. The van der Waals surface area contributed by atoms with Crippen LogP contribution in [-0.2, 0) is 0 Å². The van der Waals surface area contributed by atoms with E-state index in [0.717, 1.165) is 17.1 Å². The molecule has 2 heterocycles. The summed E-state index contributed by atoms with van der Waals surface area (Å²) in [4.78, 5) is 2.38. The minimum atomic E-state index is 1.13. The molecular weight excluding hydrogens is 522 g/mol. The number of nitrogens with zero attached hydrogens (tertiary/aromatic N) is 3. The Kier molecular flexibility index (Phi) is 5.90. The zero-order chi connectivity index (χ0) is 28.9. The van der Waals surface area contributed by atoms with Gasteiger partial charge in [-0.3, -0.25) is 0 Å². The van der Waals surface area contributed by atoms with Crippen LogP contribution < -0.4 is 4.90 Å². The van der Waals surface area contributed by atoms with Crippen LogP contribution in [0.2, 0.25) is 0 Å². The Bertz CT molecular complexity index is 2300. The van der Waals surface area contributed by atoms with Gasteiger partial charge >= 0.3 is 0 Å². The van der Waals surface area contributed by atoms with E-state index in [9.17, 15) is 0 Å². The van der Waals surface area contributed by atoms with Crippen molar-refractivity contribution in [3.05, 3.63) is 152 Å². The average Bonchev–Trinajstić information content (AvgIpc) is 3.58. The molecule has 8 aromatic rings. The number of allylic oxidation sites excluding steroid dienone is 2. The van der Waals surface area contributed by atoms with E-state index in [-0.39, 0.29) is 0 Å². The number of rotatable bonds is 5. The lowest BCUT2D eigenvalue weighted by atomic mass is 10.1. The summed E-state index contributed by atoms with van der Waals surface area (Å²) in [6, 6.07) is 52.5. The Labute approximate surface area is 251 Å². The van der Waals surface area contributed by atoms with Gasteiger partial charge in [-0.2, -0.15) is 0 Å². The molecule has 0 aliphatic heterocycles. The van der Waals surface area contributed by atoms with Crippen LogP contribution in [0.5, 0.6) is 0 Å². The van der Waals surface area contributed by atoms with Crippen molar-refractivity contribution in [3.63, 3.8) is 0 Å². The highest BCUT2D eigenvalue weighted by Crippen LogP contribution is 2.42. The molecule has 6 aromatic carbocycles. The van der Waals surface area contributed by atoms with E-state index in [2.05, 4.69) is 180 Å². The number of aromatic nitrogens is 2. The summed E-state index contributed by atoms with van der Waals surface area (Å²) in [5.41, 5.74) is 10.6. The van der Waals surface area contributed by atoms with Crippen molar-refractivity contribution < 1.29 is 0 Å². The van der Waals surface area contributed by atoms with Crippen LogP contribution in [-0.4, -0.2) is 9.13 Å². The summed E-state index contributed by atoms with van der Waals surface area (Å²) in [7, 11) is 0. The molecule has 0 bridgehead atoms. The first-order valence-corrected chi connectivity index (χ1v) is 14.8. The van der Waals surface area contributed by atoms with E-state index in [1.165, 1.54) is 55.0 Å². The van der Waals surface area contributed by atoms with Gasteiger partial charge in [-0.15, -0.1) is 0 Å². The molecule has 0 radical (unpaired) electrons. The third-order valence-corrected chi connectivity index (χ3v) is 8.63. The number of para-hydroxylation sites is 4. The fourth-order valence-corrected chi connectivity index (χ4v) is 6.59. The van der Waals surface area contributed by atoms with E-state index < -0.39 is 0 Å². The minimum absolute atomic E-state index is 1.13. The number of hydrogen-bond acceptors (Lipinski definition) is 1. The summed E-state index contributed by atoms with van der Waals surface area (Å²) in [5.74, 6) is 0. The van der Waals surface area contributed by atoms with Gasteiger partial charge in [-0.05, 0) is 86.6 Å². The van der Waals surface area contributed by atoms with Crippen LogP contribution in [0.25, 0.3) is 55.0 Å². The Morgan fingerprint density at radius 3 is 1.65 bits per heavy atom. The Morgan fingerprint density at radius 2 is 0.977 bits per heavy atom. The van der Waals surface area contributed by atoms with E-state index >= 15 is 0 Å². The second kappa shape index (κ2) is 10.1. The maximum atomic E-state index is 2.38. The fourth-order valence-electron chi connectivity index (χ4n) is 6.59. The molecule has 3 heteroatoms. The highest BCUT2D eigenvalue weighted by atomic mass is 15.1. The van der Waals surface area contributed by atoms with E-state index in [0.29, 0.717) is 0 Å². The van der Waals surface area contributed by atoms with Crippen molar-refractivity contribution >= 4 is 66.4 Å². The van der Waals surface area contributed by atoms with Gasteiger partial charge in [0.05, 0.1) is 22.1 Å². The van der Waals surface area contributed by atoms with Crippen LogP contribution in [0, 0.1) is 0 Å². The Morgan fingerprint density at radius 1 is 0.488 bits per heavy atom. The third kappa shape index (κ3) is 3.97. The van der Waals surface area contributed by atoms with Crippen molar-refractivity contribution in [1.82, 2.24) is 9.13 Å². The fraction of sp³-hybridized carbons (Fsp3) is 0.0500. The summed E-state index contributed by atoms with van der Waals surface area (Å²) in [6.07, 6.45) is 2.18. The van der Waals surface area contributed by atoms with Crippen molar-refractivity contribution in [3.8, 4) is 5.69 Å². The molecule has 0 atom stereocenters. The molecule has 0 spiro atoms. The lowest BCUT2D eigenvalue weighted by Crippen LogP contribution is -2.09. The highest BCUT2D eigenvalue weighted by molar-refractivity contribution is 6.12. The van der Waals surface area contributed by atoms with Crippen LogP contribution in [0.1, 0.15) is 13.8 Å². The standard InChI is InChI=1S/C40H31N3/c1-3-28(2)41-37-20-12-10-18-33(37)35-26-31(22-24-39(35)41)42(29-14-6-4-7-15-29)32-23-25-40-36(27-32)34-19-11-13-21-38(34)43(40)30-16-8-5-9-17-30/h3-27H,1-2H3/b28-3+. The summed E-state index contributed by atoms with van der Waals surface area (Å²) in [6.45, 7) is 4.28. The van der Waals surface area contributed by atoms with Gasteiger partial charge in [0.1, 0.15) is 0 Å². The third-order valence-electron chi connectivity index (χ3n) is 8.63. The number of hydrogen-bond donors (Lipinski definition) is 0. The quantitative estimate of drug-likeness (QED) is 0.207. The molecule has 0 N–H and O–H groups in total. The number of anilines is 3. The smallest absolute Gasteiger partial charge is 0.0542 e. The van der Waals surface area contributed by atoms with Crippen LogP contribution in [0.15, 0.2) is 152 Å². The monoisotopic (exact) mass is 553 g/mol. The largest absolute Gasteiger partial charge is 0.314 e. The Hall–Kier alpha value is -5.54. The lowest BCUT2D eigenvalue weighted by Gasteiger charge is -2.26. The molecule has 0 saturated carbocycles. The van der Waals surface area contributed by atoms with E-state index in [4.69, 9.17) is 0 Å². The van der Waals surface area contributed by atoms with Gasteiger partial charge in [0.2, 0.25) is 0 Å². The SMILES string of the molecule is C/C=C(\C)n1c2ccccc2c2cc(N(c3ccccc3)c3ccc4c(c3)c3ccccc3n4-c3ccccc3)ccc21. The van der Waals surface area contributed by atoms with Crippen LogP contribution >= 0.6 is 0 Å². The van der Waals surface area contributed by atoms with Gasteiger partial charge in [-0.1, -0.05) is 78.9 Å². The molecule has 0 fully saturated rings. The second-order valence-electron chi connectivity index (χ2n) is 11.0. The predicted molar refractivity (Wildman–Crippen MR) is 184 cm³/mol. The molecule has 0 amide bonds. The number of benzene rings is 6. The van der Waals surface area contributed by atoms with Crippen molar-refractivity contribution in [1.29, 1.82) is 0 Å². The first-order valence-electron chi connectivity index (χ1n) is 14.8. The maximum absolute atomic E-state index is 2.38. The van der Waals surface area contributed by atoms with Gasteiger partial charge in [0, 0.05) is 50.0 Å². The zero-order valence-corrected chi connectivity index (χ0v) is 24.3. The molecule has 0 aliphatic rings. The molecule has 0 aliphatic carbocycles. The highest BCUT2D eigenvalue weighted by Gasteiger charge is 2.19.